The Bertz CT molecular complexity index is 1700. The van der Waals surface area contributed by atoms with Gasteiger partial charge in [-0.15, -0.1) is 0 Å². The van der Waals surface area contributed by atoms with Gasteiger partial charge in [0.05, 0.1) is 22.2 Å². The number of aromatic hydroxyl groups is 2. The number of nitrogens with zero attached hydrogens (tertiary/aromatic N) is 2. The van der Waals surface area contributed by atoms with Crippen molar-refractivity contribution in [1.29, 1.82) is 0 Å². The molecule has 0 fully saturated rings. The van der Waals surface area contributed by atoms with Crippen LogP contribution in [0.3, 0.4) is 0 Å². The fourth-order valence-corrected chi connectivity index (χ4v) is 4.87. The van der Waals surface area contributed by atoms with Gasteiger partial charge in [0, 0.05) is 29.7 Å². The molecule has 0 aliphatic carbocycles. The highest BCUT2D eigenvalue weighted by Gasteiger charge is 2.25. The zero-order valence-electron chi connectivity index (χ0n) is 23.4. The van der Waals surface area contributed by atoms with E-state index in [0.29, 0.717) is 52.1 Å². The summed E-state index contributed by atoms with van der Waals surface area (Å²) in [5.74, 6) is 0.444. The van der Waals surface area contributed by atoms with Gasteiger partial charge in [-0.25, -0.2) is 4.98 Å². The lowest BCUT2D eigenvalue weighted by Crippen LogP contribution is -2.04. The number of nitrogens with one attached hydrogen (secondary N) is 2. The van der Waals surface area contributed by atoms with Gasteiger partial charge < -0.3 is 26.0 Å². The number of aryl methyl sites for hydroxylation is 2. The van der Waals surface area contributed by atoms with E-state index in [1.165, 1.54) is 0 Å². The van der Waals surface area contributed by atoms with Crippen molar-refractivity contribution in [3.8, 4) is 22.9 Å². The average molecular weight is 547 g/mol. The van der Waals surface area contributed by atoms with Crippen molar-refractivity contribution >= 4 is 39.2 Å². The van der Waals surface area contributed by atoms with Crippen molar-refractivity contribution in [1.82, 2.24) is 9.97 Å². The summed E-state index contributed by atoms with van der Waals surface area (Å²) in [7, 11) is 0. The molecule has 0 atom stereocenters. The molecule has 0 radical (unpaired) electrons. The third kappa shape index (κ3) is 5.85. The van der Waals surface area contributed by atoms with Crippen molar-refractivity contribution in [2.75, 3.05) is 17.2 Å². The zero-order chi connectivity index (χ0) is 28.9. The first-order valence-electron chi connectivity index (χ1n) is 13.7. The molecule has 3 aromatic carbocycles. The number of benzene rings is 3. The van der Waals surface area contributed by atoms with Crippen LogP contribution >= 0.6 is 0 Å². The third-order valence-corrected chi connectivity index (χ3v) is 7.02. The van der Waals surface area contributed by atoms with Gasteiger partial charge in [0.25, 0.3) is 0 Å². The molecular weight excluding hydrogens is 512 g/mol. The van der Waals surface area contributed by atoms with E-state index in [0.717, 1.165) is 28.1 Å². The molecule has 41 heavy (non-hydrogen) atoms. The van der Waals surface area contributed by atoms with Gasteiger partial charge in [-0.3, -0.25) is 4.98 Å². The number of aliphatic hydroxyl groups is 1. The van der Waals surface area contributed by atoms with Crippen molar-refractivity contribution in [2.24, 2.45) is 0 Å². The van der Waals surface area contributed by atoms with Gasteiger partial charge in [-0.2, -0.15) is 0 Å². The second kappa shape index (κ2) is 12.1. The van der Waals surface area contributed by atoms with E-state index >= 15 is 0 Å². The first-order valence-corrected chi connectivity index (χ1v) is 13.7. The number of fused-ring (bicyclic) bond motifs is 1. The van der Waals surface area contributed by atoms with Crippen LogP contribution in [0.4, 0.5) is 22.9 Å². The fourth-order valence-electron chi connectivity index (χ4n) is 4.87. The van der Waals surface area contributed by atoms with E-state index in [-0.39, 0.29) is 18.1 Å². The SMILES string of the molecule is CC/C(=C\CCO)c1cc(O)c2c(Nc3ccc(C)cc3)c(Nc3ccc(C)cc3)nc(-c3ccccn3)c2c1O. The second-order valence-electron chi connectivity index (χ2n) is 10.0. The first kappa shape index (κ1) is 27.7. The number of hydrogen-bond donors (Lipinski definition) is 5. The van der Waals surface area contributed by atoms with Crippen LogP contribution in [0.1, 0.15) is 36.5 Å². The van der Waals surface area contributed by atoms with Crippen molar-refractivity contribution in [2.45, 2.75) is 33.6 Å². The molecule has 2 aromatic heterocycles. The fraction of sp³-hybridized carbons (Fsp3) is 0.176. The van der Waals surface area contributed by atoms with Crippen LogP contribution in [-0.2, 0) is 0 Å². The summed E-state index contributed by atoms with van der Waals surface area (Å²) < 4.78 is 0. The molecular formula is C34H34N4O3. The molecule has 5 N–H and O–H groups in total. The molecule has 0 amide bonds. The maximum absolute atomic E-state index is 11.8. The Morgan fingerprint density at radius 3 is 2.10 bits per heavy atom. The lowest BCUT2D eigenvalue weighted by Gasteiger charge is -2.21. The number of anilines is 4. The number of hydrogen-bond acceptors (Lipinski definition) is 7. The van der Waals surface area contributed by atoms with Gasteiger partial charge in [-0.05, 0) is 74.7 Å². The van der Waals surface area contributed by atoms with Crippen LogP contribution < -0.4 is 10.6 Å². The van der Waals surface area contributed by atoms with E-state index in [1.54, 1.807) is 12.3 Å². The molecule has 0 saturated heterocycles. The van der Waals surface area contributed by atoms with Crippen LogP contribution in [-0.4, -0.2) is 31.9 Å². The smallest absolute Gasteiger partial charge is 0.155 e. The molecule has 7 nitrogen and oxygen atoms in total. The highest BCUT2D eigenvalue weighted by Crippen LogP contribution is 2.49. The van der Waals surface area contributed by atoms with Gasteiger partial charge in [0.15, 0.2) is 5.82 Å². The number of allylic oxidation sites excluding steroid dienone is 1. The topological polar surface area (TPSA) is 111 Å². The Balaban J connectivity index is 1.85. The minimum atomic E-state index is -0.0164. The minimum Gasteiger partial charge on any atom is -0.507 e. The quantitative estimate of drug-likeness (QED) is 0.119. The van der Waals surface area contributed by atoms with Crippen LogP contribution in [0.2, 0.25) is 0 Å². The van der Waals surface area contributed by atoms with Crippen LogP contribution in [0, 0.1) is 13.8 Å². The van der Waals surface area contributed by atoms with Gasteiger partial charge in [0.1, 0.15) is 17.2 Å². The number of phenols is 2. The van der Waals surface area contributed by atoms with Gasteiger partial charge in [-0.1, -0.05) is 54.5 Å². The molecule has 0 saturated carbocycles. The summed E-state index contributed by atoms with van der Waals surface area (Å²) in [5.41, 5.74) is 6.67. The van der Waals surface area contributed by atoms with Crippen molar-refractivity contribution < 1.29 is 15.3 Å². The largest absolute Gasteiger partial charge is 0.507 e. The highest BCUT2D eigenvalue weighted by atomic mass is 16.3. The Morgan fingerprint density at radius 2 is 1.51 bits per heavy atom. The maximum Gasteiger partial charge on any atom is 0.155 e. The van der Waals surface area contributed by atoms with Crippen LogP contribution in [0.15, 0.2) is 85.1 Å². The molecule has 5 rings (SSSR count). The molecule has 0 bridgehead atoms. The molecule has 5 aromatic rings. The molecule has 7 heteroatoms. The van der Waals surface area contributed by atoms with Crippen LogP contribution in [0.25, 0.3) is 27.7 Å². The van der Waals surface area contributed by atoms with Crippen molar-refractivity contribution in [3.63, 3.8) is 0 Å². The predicted molar refractivity (Wildman–Crippen MR) is 167 cm³/mol. The predicted octanol–water partition coefficient (Wildman–Crippen LogP) is 7.99. The number of rotatable bonds is 9. The Hall–Kier alpha value is -4.88. The standard InChI is InChI=1S/C34H34N4O3/c1-4-23(8-7-19-39)26-20-28(40)29-30(33(26)41)31(27-9-5-6-18-35-27)38-34(37-25-16-12-22(3)13-17-25)32(29)36-24-14-10-21(2)11-15-24/h5-6,8-18,20,36,39-41H,4,7,19H2,1-3H3,(H,37,38)/b23-8+. The number of aromatic nitrogens is 2. The summed E-state index contributed by atoms with van der Waals surface area (Å²) >= 11 is 0. The van der Waals surface area contributed by atoms with Gasteiger partial charge >= 0.3 is 0 Å². The summed E-state index contributed by atoms with van der Waals surface area (Å²) in [6.07, 6.45) is 4.60. The van der Waals surface area contributed by atoms with E-state index in [4.69, 9.17) is 4.98 Å². The Labute approximate surface area is 239 Å². The summed E-state index contributed by atoms with van der Waals surface area (Å²) in [4.78, 5) is 9.57. The Kier molecular flexibility index (Phi) is 8.17. The highest BCUT2D eigenvalue weighted by molar-refractivity contribution is 6.13. The summed E-state index contributed by atoms with van der Waals surface area (Å²) in [6, 6.07) is 23.0. The molecule has 0 aliphatic heterocycles. The number of pyridine rings is 2. The minimum absolute atomic E-state index is 0.00849. The number of aliphatic hydroxyl groups excluding tert-OH is 1. The van der Waals surface area contributed by atoms with E-state index in [1.807, 2.05) is 93.6 Å². The number of phenolic OH excluding ortho intramolecular Hbond substituents is 2. The second-order valence-corrected chi connectivity index (χ2v) is 10.0. The van der Waals surface area contributed by atoms with Crippen LogP contribution in [0.5, 0.6) is 11.5 Å². The van der Waals surface area contributed by atoms with E-state index in [9.17, 15) is 15.3 Å². The van der Waals surface area contributed by atoms with E-state index < -0.39 is 0 Å². The molecule has 0 spiro atoms. The lowest BCUT2D eigenvalue weighted by molar-refractivity contribution is 0.302. The monoisotopic (exact) mass is 546 g/mol. The average Bonchev–Trinajstić information content (AvgIpc) is 2.99. The zero-order valence-corrected chi connectivity index (χ0v) is 23.4. The van der Waals surface area contributed by atoms with E-state index in [2.05, 4.69) is 15.6 Å². The summed E-state index contributed by atoms with van der Waals surface area (Å²) in [5, 5.41) is 40.6. The third-order valence-electron chi connectivity index (χ3n) is 7.02. The Morgan fingerprint density at radius 1 is 0.854 bits per heavy atom. The maximum atomic E-state index is 11.8. The first-order chi connectivity index (χ1) is 19.9. The van der Waals surface area contributed by atoms with Crippen molar-refractivity contribution in [3.05, 3.63) is 102 Å². The van der Waals surface area contributed by atoms with Gasteiger partial charge in [0.2, 0.25) is 0 Å². The molecule has 208 valence electrons. The summed E-state index contributed by atoms with van der Waals surface area (Å²) in [6.45, 7) is 6.01. The molecule has 0 aliphatic rings. The molecule has 2 heterocycles. The molecule has 0 unspecified atom stereocenters. The normalized spacial score (nSPS) is 11.6. The lowest BCUT2D eigenvalue weighted by atomic mass is 9.94.